The summed E-state index contributed by atoms with van der Waals surface area (Å²) in [6.07, 6.45) is 2.33. The molecule has 1 aromatic heterocycles. The molecule has 0 bridgehead atoms. The minimum atomic E-state index is 0.128. The molecule has 0 fully saturated rings. The fourth-order valence-electron chi connectivity index (χ4n) is 1.54. The molecule has 0 aliphatic carbocycles. The molecule has 0 saturated carbocycles. The number of thiophene rings is 1. The molecule has 0 aromatic carbocycles. The number of amides is 1. The second kappa shape index (κ2) is 8.51. The second-order valence-electron chi connectivity index (χ2n) is 4.52. The maximum Gasteiger partial charge on any atom is 0.220 e. The van der Waals surface area contributed by atoms with Crippen molar-refractivity contribution in [3.05, 3.63) is 21.3 Å². The van der Waals surface area contributed by atoms with Gasteiger partial charge in [0.2, 0.25) is 5.91 Å². The molecule has 102 valence electrons. The van der Waals surface area contributed by atoms with E-state index in [4.69, 9.17) is 11.6 Å². The van der Waals surface area contributed by atoms with Crippen molar-refractivity contribution in [2.45, 2.75) is 39.2 Å². The summed E-state index contributed by atoms with van der Waals surface area (Å²) in [5, 5.41) is 6.22. The van der Waals surface area contributed by atoms with E-state index in [0.29, 0.717) is 19.0 Å². The van der Waals surface area contributed by atoms with E-state index in [2.05, 4.69) is 24.5 Å². The van der Waals surface area contributed by atoms with Crippen LogP contribution in [-0.4, -0.2) is 25.0 Å². The van der Waals surface area contributed by atoms with Crippen molar-refractivity contribution in [2.24, 2.45) is 0 Å². The first kappa shape index (κ1) is 15.5. The summed E-state index contributed by atoms with van der Waals surface area (Å²) in [5.41, 5.74) is 0. The molecule has 2 N–H and O–H groups in total. The van der Waals surface area contributed by atoms with Crippen LogP contribution in [-0.2, 0) is 11.2 Å². The number of carbonyl (C=O) groups is 1. The van der Waals surface area contributed by atoms with Crippen LogP contribution >= 0.6 is 22.9 Å². The van der Waals surface area contributed by atoms with Crippen LogP contribution < -0.4 is 10.6 Å². The molecule has 18 heavy (non-hydrogen) atoms. The first-order valence-electron chi connectivity index (χ1n) is 6.32. The molecule has 5 heteroatoms. The Morgan fingerprint density at radius 3 is 2.78 bits per heavy atom. The monoisotopic (exact) mass is 288 g/mol. The zero-order valence-corrected chi connectivity index (χ0v) is 12.5. The average molecular weight is 289 g/mol. The molecular formula is C13H21ClN2OS. The van der Waals surface area contributed by atoms with E-state index in [1.54, 1.807) is 11.3 Å². The molecule has 0 atom stereocenters. The molecule has 0 aliphatic rings. The van der Waals surface area contributed by atoms with Gasteiger partial charge in [0.05, 0.1) is 4.34 Å². The van der Waals surface area contributed by atoms with Crippen LogP contribution in [0.5, 0.6) is 0 Å². The molecule has 0 radical (unpaired) electrons. The predicted molar refractivity (Wildman–Crippen MR) is 78.4 cm³/mol. The van der Waals surface area contributed by atoms with Gasteiger partial charge >= 0.3 is 0 Å². The smallest absolute Gasteiger partial charge is 0.220 e. The normalized spacial score (nSPS) is 10.9. The van der Waals surface area contributed by atoms with E-state index >= 15 is 0 Å². The quantitative estimate of drug-likeness (QED) is 0.722. The molecule has 0 saturated heterocycles. The van der Waals surface area contributed by atoms with Gasteiger partial charge in [-0.2, -0.15) is 0 Å². The summed E-state index contributed by atoms with van der Waals surface area (Å²) in [5.74, 6) is 0.128. The molecule has 1 rings (SSSR count). The molecular weight excluding hydrogens is 268 g/mol. The van der Waals surface area contributed by atoms with E-state index in [0.717, 1.165) is 23.7 Å². The zero-order chi connectivity index (χ0) is 13.4. The molecule has 0 spiro atoms. The molecule has 1 aromatic rings. The van der Waals surface area contributed by atoms with Crippen molar-refractivity contribution in [1.29, 1.82) is 0 Å². The summed E-state index contributed by atoms with van der Waals surface area (Å²) >= 11 is 7.40. The first-order chi connectivity index (χ1) is 8.58. The Hall–Kier alpha value is -0.580. The van der Waals surface area contributed by atoms with Gasteiger partial charge in [0, 0.05) is 23.9 Å². The van der Waals surface area contributed by atoms with Crippen LogP contribution in [0.3, 0.4) is 0 Å². The van der Waals surface area contributed by atoms with Crippen LogP contribution in [0.1, 0.15) is 31.6 Å². The lowest BCUT2D eigenvalue weighted by Gasteiger charge is -2.07. The topological polar surface area (TPSA) is 41.1 Å². The summed E-state index contributed by atoms with van der Waals surface area (Å²) in [6, 6.07) is 4.38. The molecule has 0 aliphatic heterocycles. The Morgan fingerprint density at radius 2 is 2.17 bits per heavy atom. The summed E-state index contributed by atoms with van der Waals surface area (Å²) in [7, 11) is 0. The lowest BCUT2D eigenvalue weighted by molar-refractivity contribution is -0.121. The summed E-state index contributed by atoms with van der Waals surface area (Å²) < 4.78 is 0.802. The lowest BCUT2D eigenvalue weighted by atomic mass is 10.2. The Kier molecular flexibility index (Phi) is 7.32. The van der Waals surface area contributed by atoms with Crippen LogP contribution in [0.25, 0.3) is 0 Å². The van der Waals surface area contributed by atoms with E-state index < -0.39 is 0 Å². The second-order valence-corrected chi connectivity index (χ2v) is 6.32. The van der Waals surface area contributed by atoms with Crippen molar-refractivity contribution < 1.29 is 4.79 Å². The van der Waals surface area contributed by atoms with E-state index in [-0.39, 0.29) is 5.91 Å². The molecule has 1 amide bonds. The standard InChI is InChI=1S/C13H21ClN2OS/c1-10(2)15-8-3-4-13(17)16-9-7-11-5-6-12(14)18-11/h5-6,10,15H,3-4,7-9H2,1-2H3,(H,16,17). The highest BCUT2D eigenvalue weighted by Gasteiger charge is 2.02. The lowest BCUT2D eigenvalue weighted by Crippen LogP contribution is -2.28. The number of carbonyl (C=O) groups excluding carboxylic acids is 1. The largest absolute Gasteiger partial charge is 0.356 e. The van der Waals surface area contributed by atoms with Gasteiger partial charge in [0.15, 0.2) is 0 Å². The average Bonchev–Trinajstić information content (AvgIpc) is 2.70. The minimum absolute atomic E-state index is 0.128. The van der Waals surface area contributed by atoms with E-state index in [1.807, 2.05) is 12.1 Å². The highest BCUT2D eigenvalue weighted by Crippen LogP contribution is 2.21. The third kappa shape index (κ3) is 6.99. The van der Waals surface area contributed by atoms with E-state index in [9.17, 15) is 4.79 Å². The number of rotatable bonds is 8. The highest BCUT2D eigenvalue weighted by atomic mass is 35.5. The van der Waals surface area contributed by atoms with Gasteiger partial charge < -0.3 is 10.6 Å². The van der Waals surface area contributed by atoms with Gasteiger partial charge in [-0.15, -0.1) is 11.3 Å². The maximum atomic E-state index is 11.5. The van der Waals surface area contributed by atoms with Crippen molar-refractivity contribution in [1.82, 2.24) is 10.6 Å². The van der Waals surface area contributed by atoms with Gasteiger partial charge in [-0.3, -0.25) is 4.79 Å². The Labute approximate surface area is 118 Å². The third-order valence-electron chi connectivity index (χ3n) is 2.46. The molecule has 3 nitrogen and oxygen atoms in total. The zero-order valence-electron chi connectivity index (χ0n) is 11.0. The predicted octanol–water partition coefficient (Wildman–Crippen LogP) is 2.84. The minimum Gasteiger partial charge on any atom is -0.356 e. The SMILES string of the molecule is CC(C)NCCCC(=O)NCCc1ccc(Cl)s1. The molecule has 0 unspecified atom stereocenters. The van der Waals surface area contributed by atoms with Gasteiger partial charge in [0.1, 0.15) is 0 Å². The Morgan fingerprint density at radius 1 is 1.39 bits per heavy atom. The van der Waals surface area contributed by atoms with Crippen molar-refractivity contribution in [3.8, 4) is 0 Å². The number of hydrogen-bond donors (Lipinski definition) is 2. The maximum absolute atomic E-state index is 11.5. The van der Waals surface area contributed by atoms with Crippen molar-refractivity contribution in [2.75, 3.05) is 13.1 Å². The number of nitrogens with one attached hydrogen (secondary N) is 2. The Balaban J connectivity index is 2.03. The van der Waals surface area contributed by atoms with Gasteiger partial charge in [0.25, 0.3) is 0 Å². The Bertz CT molecular complexity index is 366. The van der Waals surface area contributed by atoms with Gasteiger partial charge in [-0.1, -0.05) is 25.4 Å². The number of hydrogen-bond acceptors (Lipinski definition) is 3. The van der Waals surface area contributed by atoms with Crippen LogP contribution in [0.2, 0.25) is 4.34 Å². The van der Waals surface area contributed by atoms with Gasteiger partial charge in [-0.25, -0.2) is 0 Å². The van der Waals surface area contributed by atoms with Crippen molar-refractivity contribution >= 4 is 28.8 Å². The van der Waals surface area contributed by atoms with Crippen LogP contribution in [0.15, 0.2) is 12.1 Å². The fourth-order valence-corrected chi connectivity index (χ4v) is 2.63. The summed E-state index contributed by atoms with van der Waals surface area (Å²) in [4.78, 5) is 12.7. The van der Waals surface area contributed by atoms with Crippen molar-refractivity contribution in [3.63, 3.8) is 0 Å². The fraction of sp³-hybridized carbons (Fsp3) is 0.615. The third-order valence-corrected chi connectivity index (χ3v) is 3.75. The van der Waals surface area contributed by atoms with Crippen LogP contribution in [0, 0.1) is 0 Å². The van der Waals surface area contributed by atoms with Gasteiger partial charge in [-0.05, 0) is 31.5 Å². The van der Waals surface area contributed by atoms with E-state index in [1.165, 1.54) is 4.88 Å². The highest BCUT2D eigenvalue weighted by molar-refractivity contribution is 7.16. The summed E-state index contributed by atoms with van der Waals surface area (Å²) in [6.45, 7) is 5.79. The number of halogens is 1. The molecule has 1 heterocycles. The first-order valence-corrected chi connectivity index (χ1v) is 7.51. The van der Waals surface area contributed by atoms with Crippen LogP contribution in [0.4, 0.5) is 0 Å².